The Morgan fingerprint density at radius 1 is 1.14 bits per heavy atom. The zero-order valence-corrected chi connectivity index (χ0v) is 10.9. The fraction of sp³-hybridized carbons (Fsp3) is 0. The molecular weight excluding hydrogens is 276 g/mol. The molecule has 2 aromatic rings. The molecule has 0 spiro atoms. The Balaban J connectivity index is 0.000000211. The number of hydrazine groups is 1. The van der Waals surface area contributed by atoms with E-state index in [9.17, 15) is 9.59 Å². The van der Waals surface area contributed by atoms with E-state index in [1.165, 1.54) is 30.6 Å². The minimum atomic E-state index is -1.16. The average Bonchev–Trinajstić information content (AvgIpc) is 2.47. The Morgan fingerprint density at radius 3 is 2.24 bits per heavy atom. The van der Waals surface area contributed by atoms with Crippen LogP contribution in [0.15, 0.2) is 42.7 Å². The van der Waals surface area contributed by atoms with Gasteiger partial charge >= 0.3 is 5.97 Å². The van der Waals surface area contributed by atoms with Crippen molar-refractivity contribution in [1.29, 1.82) is 0 Å². The Morgan fingerprint density at radius 2 is 1.76 bits per heavy atom. The van der Waals surface area contributed by atoms with E-state index in [2.05, 4.69) is 4.98 Å². The van der Waals surface area contributed by atoms with Gasteiger partial charge in [-0.2, -0.15) is 0 Å². The highest BCUT2D eigenvalue weighted by Crippen LogP contribution is 2.19. The lowest BCUT2D eigenvalue weighted by Gasteiger charge is -1.98. The first-order chi connectivity index (χ1) is 9.95. The molecule has 110 valence electrons. The van der Waals surface area contributed by atoms with E-state index in [1.807, 2.05) is 5.43 Å². The number of aromatic hydroxyl groups is 1. The molecule has 0 bridgehead atoms. The lowest BCUT2D eigenvalue weighted by atomic mass is 10.2. The van der Waals surface area contributed by atoms with E-state index in [1.54, 1.807) is 12.1 Å². The maximum Gasteiger partial charge on any atom is 0.339 e. The van der Waals surface area contributed by atoms with E-state index in [0.29, 0.717) is 11.3 Å². The number of nitrogens with two attached hydrogens (primary N) is 2. The van der Waals surface area contributed by atoms with Crippen LogP contribution in [0.4, 0.5) is 5.69 Å². The van der Waals surface area contributed by atoms with Crippen LogP contribution in [0.1, 0.15) is 20.7 Å². The zero-order chi connectivity index (χ0) is 15.8. The number of carbonyl (C=O) groups excluding carboxylic acids is 1. The quantitative estimate of drug-likeness (QED) is 0.232. The number of nitrogens with one attached hydrogen (secondary N) is 1. The number of hydrogen-bond donors (Lipinski definition) is 5. The third-order valence-corrected chi connectivity index (χ3v) is 2.33. The Labute approximate surface area is 120 Å². The van der Waals surface area contributed by atoms with E-state index in [4.69, 9.17) is 21.8 Å². The second-order valence-electron chi connectivity index (χ2n) is 3.79. The minimum Gasteiger partial charge on any atom is -0.507 e. The molecule has 0 aliphatic carbocycles. The van der Waals surface area contributed by atoms with Gasteiger partial charge in [0, 0.05) is 29.7 Å². The van der Waals surface area contributed by atoms with Gasteiger partial charge in [-0.3, -0.25) is 15.2 Å². The standard InChI is InChI=1S/C7H7NO3.C6H7N3O/c8-4-1-2-5(7(10)11)6(9)3-4;7-9-6(10)5-1-3-8-4-2-5/h1-3,9H,8H2,(H,10,11);1-4H,7H2,(H,9,10). The van der Waals surface area contributed by atoms with E-state index in [-0.39, 0.29) is 17.2 Å². The SMILES string of the molecule is NNC(=O)c1ccncc1.Nc1ccc(C(=O)O)c(O)c1. The normalized spacial score (nSPS) is 9.19. The largest absolute Gasteiger partial charge is 0.507 e. The number of nitrogen functional groups attached to an aromatic ring is 2. The maximum atomic E-state index is 10.7. The number of nitrogens with zero attached hydrogens (tertiary/aromatic N) is 1. The number of anilines is 1. The first-order valence-electron chi connectivity index (χ1n) is 5.68. The van der Waals surface area contributed by atoms with Crippen molar-refractivity contribution in [2.24, 2.45) is 5.84 Å². The van der Waals surface area contributed by atoms with Crippen LogP contribution in [0.2, 0.25) is 0 Å². The highest BCUT2D eigenvalue weighted by Gasteiger charge is 2.07. The van der Waals surface area contributed by atoms with Crippen LogP contribution in [0.5, 0.6) is 5.75 Å². The van der Waals surface area contributed by atoms with Gasteiger partial charge in [-0.1, -0.05) is 0 Å². The summed E-state index contributed by atoms with van der Waals surface area (Å²) in [7, 11) is 0. The number of benzene rings is 1. The van der Waals surface area contributed by atoms with Gasteiger partial charge in [0.2, 0.25) is 0 Å². The molecule has 0 atom stereocenters. The van der Waals surface area contributed by atoms with Crippen molar-refractivity contribution in [2.75, 3.05) is 5.73 Å². The fourth-order valence-corrected chi connectivity index (χ4v) is 1.32. The second kappa shape index (κ2) is 7.46. The van der Waals surface area contributed by atoms with E-state index in [0.717, 1.165) is 0 Å². The summed E-state index contributed by atoms with van der Waals surface area (Å²) in [6, 6.07) is 7.05. The Bertz CT molecular complexity index is 631. The number of pyridine rings is 1. The molecule has 7 N–H and O–H groups in total. The fourth-order valence-electron chi connectivity index (χ4n) is 1.32. The summed E-state index contributed by atoms with van der Waals surface area (Å²) in [5, 5.41) is 17.5. The van der Waals surface area contributed by atoms with Crippen molar-refractivity contribution >= 4 is 17.6 Å². The molecule has 8 nitrogen and oxygen atoms in total. The second-order valence-corrected chi connectivity index (χ2v) is 3.79. The third kappa shape index (κ3) is 4.80. The van der Waals surface area contributed by atoms with Gasteiger partial charge in [0.15, 0.2) is 0 Å². The van der Waals surface area contributed by atoms with Crippen LogP contribution in [-0.2, 0) is 0 Å². The van der Waals surface area contributed by atoms with Crippen LogP contribution >= 0.6 is 0 Å². The highest BCUT2D eigenvalue weighted by molar-refractivity contribution is 5.93. The Kier molecular flexibility index (Phi) is 5.66. The molecule has 8 heteroatoms. The van der Waals surface area contributed by atoms with Gasteiger partial charge in [-0.05, 0) is 24.3 Å². The van der Waals surface area contributed by atoms with Crippen molar-refractivity contribution in [3.8, 4) is 5.75 Å². The molecule has 0 aliphatic heterocycles. The van der Waals surface area contributed by atoms with Gasteiger partial charge in [-0.15, -0.1) is 0 Å². The number of aromatic carboxylic acids is 1. The summed E-state index contributed by atoms with van der Waals surface area (Å²) in [5.41, 5.74) is 8.00. The number of amides is 1. The predicted molar refractivity (Wildman–Crippen MR) is 75.4 cm³/mol. The molecule has 1 aromatic heterocycles. The van der Waals surface area contributed by atoms with Gasteiger partial charge in [0.25, 0.3) is 5.91 Å². The predicted octanol–water partition coefficient (Wildman–Crippen LogP) is 0.358. The van der Waals surface area contributed by atoms with Crippen molar-refractivity contribution < 1.29 is 19.8 Å². The summed E-state index contributed by atoms with van der Waals surface area (Å²) in [6.07, 6.45) is 3.06. The molecule has 0 fully saturated rings. The molecule has 0 saturated heterocycles. The first kappa shape index (κ1) is 15.9. The number of carboxylic acid groups (broad SMARTS) is 1. The van der Waals surface area contributed by atoms with Crippen LogP contribution in [0, 0.1) is 0 Å². The molecule has 0 saturated carbocycles. The molecule has 0 unspecified atom stereocenters. The molecule has 0 radical (unpaired) electrons. The van der Waals surface area contributed by atoms with Crippen molar-refractivity contribution in [3.05, 3.63) is 53.9 Å². The topological polar surface area (TPSA) is 152 Å². The van der Waals surface area contributed by atoms with Crippen molar-refractivity contribution in [2.45, 2.75) is 0 Å². The average molecular weight is 290 g/mol. The number of carbonyl (C=O) groups is 2. The van der Waals surface area contributed by atoms with Crippen molar-refractivity contribution in [1.82, 2.24) is 10.4 Å². The maximum absolute atomic E-state index is 10.7. The van der Waals surface area contributed by atoms with Gasteiger partial charge < -0.3 is 15.9 Å². The summed E-state index contributed by atoms with van der Waals surface area (Å²) in [6.45, 7) is 0. The van der Waals surface area contributed by atoms with E-state index >= 15 is 0 Å². The molecular formula is C13H14N4O4. The van der Waals surface area contributed by atoms with Gasteiger partial charge in [0.05, 0.1) is 0 Å². The number of phenols is 1. The smallest absolute Gasteiger partial charge is 0.339 e. The molecule has 21 heavy (non-hydrogen) atoms. The first-order valence-corrected chi connectivity index (χ1v) is 5.68. The summed E-state index contributed by atoms with van der Waals surface area (Å²) in [5.74, 6) is 3.11. The summed E-state index contributed by atoms with van der Waals surface area (Å²) >= 11 is 0. The van der Waals surface area contributed by atoms with Gasteiger partial charge in [-0.25, -0.2) is 10.6 Å². The Hall–Kier alpha value is -3.13. The zero-order valence-electron chi connectivity index (χ0n) is 10.9. The summed E-state index contributed by atoms with van der Waals surface area (Å²) in [4.78, 5) is 24.8. The molecule has 1 aromatic carbocycles. The lowest BCUT2D eigenvalue weighted by molar-refractivity contribution is 0.0693. The molecule has 2 rings (SSSR count). The number of carboxylic acids is 1. The van der Waals surface area contributed by atoms with Gasteiger partial charge in [0.1, 0.15) is 11.3 Å². The monoisotopic (exact) mass is 290 g/mol. The molecule has 1 heterocycles. The highest BCUT2D eigenvalue weighted by atomic mass is 16.4. The summed E-state index contributed by atoms with van der Waals surface area (Å²) < 4.78 is 0. The van der Waals surface area contributed by atoms with Crippen molar-refractivity contribution in [3.63, 3.8) is 0 Å². The van der Waals surface area contributed by atoms with Crippen LogP contribution in [0.3, 0.4) is 0 Å². The van der Waals surface area contributed by atoms with Crippen LogP contribution in [0.25, 0.3) is 0 Å². The molecule has 0 aliphatic rings. The van der Waals surface area contributed by atoms with Crippen LogP contribution in [-0.4, -0.2) is 27.1 Å². The number of rotatable bonds is 2. The number of hydrogen-bond acceptors (Lipinski definition) is 6. The third-order valence-electron chi connectivity index (χ3n) is 2.33. The van der Waals surface area contributed by atoms with E-state index < -0.39 is 5.97 Å². The molecule has 1 amide bonds. The minimum absolute atomic E-state index is 0.140. The lowest BCUT2D eigenvalue weighted by Crippen LogP contribution is -2.29. The van der Waals surface area contributed by atoms with Crippen LogP contribution < -0.4 is 17.0 Å². The number of aromatic nitrogens is 1.